The molecule has 0 atom stereocenters. The van der Waals surface area contributed by atoms with Crippen molar-refractivity contribution in [3.05, 3.63) is 59.7 Å². The summed E-state index contributed by atoms with van der Waals surface area (Å²) in [6, 6.07) is 15.4. The molecule has 34 heavy (non-hydrogen) atoms. The van der Waals surface area contributed by atoms with E-state index in [9.17, 15) is 9.59 Å². The Morgan fingerprint density at radius 1 is 1.06 bits per heavy atom. The maximum absolute atomic E-state index is 13.5. The minimum Gasteiger partial charge on any atom is -0.496 e. The highest BCUT2D eigenvalue weighted by molar-refractivity contribution is 7.18. The molecule has 0 spiro atoms. The molecule has 4 rings (SSSR count). The van der Waals surface area contributed by atoms with Gasteiger partial charge in [0.05, 0.1) is 12.7 Å². The third-order valence-corrected chi connectivity index (χ3v) is 7.05. The predicted molar refractivity (Wildman–Crippen MR) is 134 cm³/mol. The van der Waals surface area contributed by atoms with Gasteiger partial charge in [0.2, 0.25) is 11.0 Å². The Hall–Kier alpha value is -3.26. The third-order valence-electron chi connectivity index (χ3n) is 6.16. The molecule has 1 aliphatic carbocycles. The largest absolute Gasteiger partial charge is 0.496 e. The zero-order valence-electron chi connectivity index (χ0n) is 19.6. The number of para-hydroxylation sites is 1. The second-order valence-electron chi connectivity index (χ2n) is 8.57. The molecule has 1 heterocycles. The summed E-state index contributed by atoms with van der Waals surface area (Å²) in [5.74, 6) is 0.283. The van der Waals surface area contributed by atoms with Crippen molar-refractivity contribution in [1.82, 2.24) is 15.1 Å². The van der Waals surface area contributed by atoms with E-state index in [2.05, 4.69) is 15.5 Å². The van der Waals surface area contributed by atoms with Crippen LogP contribution in [0, 0.1) is 6.92 Å². The summed E-state index contributed by atoms with van der Waals surface area (Å²) in [5.41, 5.74) is 2.67. The molecule has 2 amide bonds. The Morgan fingerprint density at radius 2 is 1.79 bits per heavy atom. The molecule has 7 nitrogen and oxygen atoms in total. The molecule has 2 aromatic carbocycles. The van der Waals surface area contributed by atoms with Gasteiger partial charge in [0.15, 0.2) is 0 Å². The van der Waals surface area contributed by atoms with E-state index in [1.165, 1.54) is 23.3 Å². The van der Waals surface area contributed by atoms with Crippen molar-refractivity contribution in [2.75, 3.05) is 19.0 Å². The summed E-state index contributed by atoms with van der Waals surface area (Å²) in [4.78, 5) is 28.1. The van der Waals surface area contributed by atoms with Crippen LogP contribution in [0.5, 0.6) is 5.75 Å². The maximum atomic E-state index is 13.5. The molecule has 0 aliphatic heterocycles. The molecule has 0 unspecified atom stereocenters. The lowest BCUT2D eigenvalue weighted by Crippen LogP contribution is -2.43. The van der Waals surface area contributed by atoms with Gasteiger partial charge in [-0.2, -0.15) is 0 Å². The molecule has 3 aromatic rings. The van der Waals surface area contributed by atoms with Crippen molar-refractivity contribution in [1.29, 1.82) is 0 Å². The summed E-state index contributed by atoms with van der Waals surface area (Å²) in [6.07, 6.45) is 5.49. The molecule has 1 N–H and O–H groups in total. The zero-order chi connectivity index (χ0) is 23.9. The number of amides is 2. The first-order valence-corrected chi connectivity index (χ1v) is 12.5. The number of hydrogen-bond acceptors (Lipinski definition) is 6. The zero-order valence-corrected chi connectivity index (χ0v) is 20.4. The smallest absolute Gasteiger partial charge is 0.257 e. The van der Waals surface area contributed by atoms with Gasteiger partial charge in [0, 0.05) is 24.6 Å². The van der Waals surface area contributed by atoms with Crippen LogP contribution < -0.4 is 10.1 Å². The number of aryl methyl sites for hydroxylation is 1. The molecule has 0 saturated heterocycles. The van der Waals surface area contributed by atoms with Crippen molar-refractivity contribution >= 4 is 28.3 Å². The van der Waals surface area contributed by atoms with Gasteiger partial charge >= 0.3 is 0 Å². The topological polar surface area (TPSA) is 84.4 Å². The molecule has 1 aromatic heterocycles. The summed E-state index contributed by atoms with van der Waals surface area (Å²) in [6.45, 7) is 2.38. The number of methoxy groups -OCH3 is 1. The quantitative estimate of drug-likeness (QED) is 0.473. The van der Waals surface area contributed by atoms with Gasteiger partial charge in [-0.15, -0.1) is 10.2 Å². The van der Waals surface area contributed by atoms with Crippen LogP contribution in [0.4, 0.5) is 5.13 Å². The van der Waals surface area contributed by atoms with E-state index >= 15 is 0 Å². The minimum absolute atomic E-state index is 0.0882. The first-order valence-electron chi connectivity index (χ1n) is 11.7. The van der Waals surface area contributed by atoms with E-state index in [1.54, 1.807) is 19.2 Å². The number of rotatable bonds is 8. The van der Waals surface area contributed by atoms with Crippen molar-refractivity contribution in [3.63, 3.8) is 0 Å². The van der Waals surface area contributed by atoms with Crippen molar-refractivity contribution < 1.29 is 14.3 Å². The van der Waals surface area contributed by atoms with Crippen molar-refractivity contribution in [3.8, 4) is 16.3 Å². The lowest BCUT2D eigenvalue weighted by molar-refractivity contribution is -0.116. The fraction of sp³-hybridized carbons (Fsp3) is 0.385. The molecule has 1 saturated carbocycles. The van der Waals surface area contributed by atoms with Gasteiger partial charge in [0.1, 0.15) is 10.8 Å². The lowest BCUT2D eigenvalue weighted by Gasteiger charge is -2.34. The summed E-state index contributed by atoms with van der Waals surface area (Å²) in [5, 5.41) is 12.4. The Bertz CT molecular complexity index is 1120. The normalized spacial score (nSPS) is 13.9. The molecule has 1 aliphatic rings. The van der Waals surface area contributed by atoms with E-state index in [1.807, 2.05) is 48.2 Å². The summed E-state index contributed by atoms with van der Waals surface area (Å²) in [7, 11) is 1.57. The molecule has 8 heteroatoms. The van der Waals surface area contributed by atoms with Crippen molar-refractivity contribution in [2.24, 2.45) is 0 Å². The average Bonchev–Trinajstić information content (AvgIpc) is 3.33. The van der Waals surface area contributed by atoms with Crippen LogP contribution in [-0.2, 0) is 4.79 Å². The molecular weight excluding hydrogens is 448 g/mol. The van der Waals surface area contributed by atoms with Crippen LogP contribution in [0.1, 0.15) is 54.4 Å². The van der Waals surface area contributed by atoms with Crippen LogP contribution in [0.2, 0.25) is 0 Å². The number of anilines is 1. The van der Waals surface area contributed by atoms with Gasteiger partial charge in [0.25, 0.3) is 5.91 Å². The van der Waals surface area contributed by atoms with Gasteiger partial charge in [-0.05, 0) is 31.9 Å². The number of carbonyl (C=O) groups is 2. The minimum atomic E-state index is -0.180. The van der Waals surface area contributed by atoms with Crippen LogP contribution in [0.25, 0.3) is 10.6 Å². The molecule has 0 bridgehead atoms. The number of carbonyl (C=O) groups excluding carboxylic acids is 2. The van der Waals surface area contributed by atoms with Gasteiger partial charge in [-0.25, -0.2) is 0 Å². The standard InChI is InChI=1S/C26H30N4O3S/c1-18-12-14-19(15-13-18)24-28-29-26(34-24)27-23(31)16-17-30(20-8-4-3-5-9-20)25(32)21-10-6-7-11-22(21)33-2/h6-7,10-15,20H,3-5,8-9,16-17H2,1-2H3,(H,27,29,31). The fourth-order valence-electron chi connectivity index (χ4n) is 4.31. The Labute approximate surface area is 204 Å². The third kappa shape index (κ3) is 5.80. The van der Waals surface area contributed by atoms with Gasteiger partial charge in [-0.1, -0.05) is 72.6 Å². The van der Waals surface area contributed by atoms with Crippen LogP contribution in [-0.4, -0.2) is 46.6 Å². The number of nitrogens with zero attached hydrogens (tertiary/aromatic N) is 3. The maximum Gasteiger partial charge on any atom is 0.257 e. The fourth-order valence-corrected chi connectivity index (χ4v) is 5.07. The van der Waals surface area contributed by atoms with Gasteiger partial charge in [-0.3, -0.25) is 9.59 Å². The van der Waals surface area contributed by atoms with Gasteiger partial charge < -0.3 is 15.0 Å². The predicted octanol–water partition coefficient (Wildman–Crippen LogP) is 5.33. The molecule has 0 radical (unpaired) electrons. The molecule has 1 fully saturated rings. The number of nitrogens with one attached hydrogen (secondary N) is 1. The van der Waals surface area contributed by atoms with E-state index in [-0.39, 0.29) is 24.3 Å². The number of hydrogen-bond donors (Lipinski definition) is 1. The van der Waals surface area contributed by atoms with E-state index in [0.29, 0.717) is 23.0 Å². The number of benzene rings is 2. The van der Waals surface area contributed by atoms with E-state index < -0.39 is 0 Å². The van der Waals surface area contributed by atoms with Crippen LogP contribution >= 0.6 is 11.3 Å². The first-order chi connectivity index (χ1) is 16.5. The average molecular weight is 479 g/mol. The Kier molecular flexibility index (Phi) is 7.90. The summed E-state index contributed by atoms with van der Waals surface area (Å²) >= 11 is 1.34. The molecule has 178 valence electrons. The lowest BCUT2D eigenvalue weighted by atomic mass is 9.93. The van der Waals surface area contributed by atoms with E-state index in [4.69, 9.17) is 4.74 Å². The highest BCUT2D eigenvalue weighted by Gasteiger charge is 2.28. The first kappa shape index (κ1) is 23.9. The van der Waals surface area contributed by atoms with E-state index in [0.717, 1.165) is 36.3 Å². The number of ether oxygens (including phenoxy) is 1. The highest BCUT2D eigenvalue weighted by Crippen LogP contribution is 2.28. The highest BCUT2D eigenvalue weighted by atomic mass is 32.1. The van der Waals surface area contributed by atoms with Crippen molar-refractivity contribution in [2.45, 2.75) is 51.5 Å². The second-order valence-corrected chi connectivity index (χ2v) is 9.54. The van der Waals surface area contributed by atoms with Crippen LogP contribution in [0.15, 0.2) is 48.5 Å². The number of aromatic nitrogens is 2. The van der Waals surface area contributed by atoms with Crippen LogP contribution in [0.3, 0.4) is 0 Å². The monoisotopic (exact) mass is 478 g/mol. The second kappa shape index (κ2) is 11.2. The Morgan fingerprint density at radius 3 is 2.53 bits per heavy atom. The summed E-state index contributed by atoms with van der Waals surface area (Å²) < 4.78 is 5.41. The Balaban J connectivity index is 1.42. The molecular formula is C26H30N4O3S. The SMILES string of the molecule is COc1ccccc1C(=O)N(CCC(=O)Nc1nnc(-c2ccc(C)cc2)s1)C1CCCCC1.